The van der Waals surface area contributed by atoms with Gasteiger partial charge < -0.3 is 10.6 Å². The summed E-state index contributed by atoms with van der Waals surface area (Å²) >= 11 is 12.0. The van der Waals surface area contributed by atoms with Gasteiger partial charge in [-0.2, -0.15) is 0 Å². The van der Waals surface area contributed by atoms with Gasteiger partial charge in [-0.25, -0.2) is 17.5 Å². The fourth-order valence-electron chi connectivity index (χ4n) is 2.02. The summed E-state index contributed by atoms with van der Waals surface area (Å²) in [6.45, 7) is 4.37. The molecule has 0 saturated carbocycles. The first-order valence-corrected chi connectivity index (χ1v) is 10.1. The molecule has 2 amide bonds. The largest absolute Gasteiger partial charge is 0.337 e. The lowest BCUT2D eigenvalue weighted by molar-refractivity contribution is 0.237. The Labute approximate surface area is 153 Å². The highest BCUT2D eigenvalue weighted by atomic mass is 35.5. The molecule has 2 N–H and O–H groups in total. The van der Waals surface area contributed by atoms with Crippen molar-refractivity contribution in [2.45, 2.75) is 26.3 Å². The highest BCUT2D eigenvalue weighted by Gasteiger charge is 2.17. The van der Waals surface area contributed by atoms with E-state index in [1.54, 1.807) is 18.2 Å². The zero-order valence-corrected chi connectivity index (χ0v) is 16.3. The van der Waals surface area contributed by atoms with E-state index in [-0.39, 0.29) is 31.7 Å². The van der Waals surface area contributed by atoms with Crippen molar-refractivity contribution in [2.24, 2.45) is 0 Å². The molecular formula is C15H23Cl2N3O3S. The van der Waals surface area contributed by atoms with Gasteiger partial charge in [0.15, 0.2) is 0 Å². The third-order valence-electron chi connectivity index (χ3n) is 3.18. The number of urea groups is 1. The molecule has 0 aliphatic heterocycles. The Morgan fingerprint density at radius 3 is 2.46 bits per heavy atom. The lowest BCUT2D eigenvalue weighted by Gasteiger charge is -2.20. The van der Waals surface area contributed by atoms with Crippen molar-refractivity contribution in [2.75, 3.05) is 25.9 Å². The van der Waals surface area contributed by atoms with Crippen LogP contribution in [0, 0.1) is 0 Å². The predicted molar refractivity (Wildman–Crippen MR) is 98.3 cm³/mol. The number of carbonyl (C=O) groups is 1. The lowest BCUT2D eigenvalue weighted by atomic mass is 10.1. The van der Waals surface area contributed by atoms with Gasteiger partial charge in [-0.1, -0.05) is 29.3 Å². The zero-order valence-electron chi connectivity index (χ0n) is 14.0. The normalized spacial score (nSPS) is 11.8. The molecule has 0 bridgehead atoms. The molecule has 9 heteroatoms. The van der Waals surface area contributed by atoms with E-state index in [1.165, 1.54) is 4.31 Å². The second-order valence-electron chi connectivity index (χ2n) is 5.70. The van der Waals surface area contributed by atoms with Crippen molar-refractivity contribution in [3.05, 3.63) is 33.8 Å². The van der Waals surface area contributed by atoms with Gasteiger partial charge in [-0.15, -0.1) is 0 Å². The Bertz CT molecular complexity index is 666. The summed E-state index contributed by atoms with van der Waals surface area (Å²) in [5.74, 6) is 0. The maximum absolute atomic E-state index is 11.9. The summed E-state index contributed by atoms with van der Waals surface area (Å²) < 4.78 is 25.1. The number of amides is 2. The van der Waals surface area contributed by atoms with E-state index >= 15 is 0 Å². The SMILES string of the molecule is CC(C)NC(=O)NCCN(CCc1ccc(Cl)cc1Cl)S(C)(=O)=O. The van der Waals surface area contributed by atoms with Gasteiger partial charge in [0, 0.05) is 35.7 Å². The average Bonchev–Trinajstić information content (AvgIpc) is 2.42. The van der Waals surface area contributed by atoms with E-state index in [0.29, 0.717) is 16.5 Å². The number of hydrogen-bond donors (Lipinski definition) is 2. The van der Waals surface area contributed by atoms with Crippen LogP contribution in [-0.2, 0) is 16.4 Å². The highest BCUT2D eigenvalue weighted by Crippen LogP contribution is 2.21. The Hall–Kier alpha value is -1.02. The van der Waals surface area contributed by atoms with Crippen LogP contribution in [-0.4, -0.2) is 50.7 Å². The van der Waals surface area contributed by atoms with Gasteiger partial charge in [-0.3, -0.25) is 0 Å². The van der Waals surface area contributed by atoms with Crippen LogP contribution in [0.5, 0.6) is 0 Å². The first-order chi connectivity index (χ1) is 11.1. The quantitative estimate of drug-likeness (QED) is 0.709. The maximum atomic E-state index is 11.9. The summed E-state index contributed by atoms with van der Waals surface area (Å²) in [4.78, 5) is 11.5. The molecule has 0 heterocycles. The summed E-state index contributed by atoms with van der Waals surface area (Å²) in [5.41, 5.74) is 0.820. The summed E-state index contributed by atoms with van der Waals surface area (Å²) in [6.07, 6.45) is 1.60. The molecular weight excluding hydrogens is 373 g/mol. The van der Waals surface area contributed by atoms with Gasteiger partial charge in [-0.05, 0) is 38.0 Å². The molecule has 0 aliphatic rings. The van der Waals surface area contributed by atoms with Crippen LogP contribution in [0.1, 0.15) is 19.4 Å². The van der Waals surface area contributed by atoms with E-state index in [4.69, 9.17) is 23.2 Å². The van der Waals surface area contributed by atoms with E-state index in [1.807, 2.05) is 13.8 Å². The van der Waals surface area contributed by atoms with Crippen molar-refractivity contribution < 1.29 is 13.2 Å². The van der Waals surface area contributed by atoms with E-state index in [2.05, 4.69) is 10.6 Å². The molecule has 1 aromatic carbocycles. The Balaban J connectivity index is 2.59. The third kappa shape index (κ3) is 7.70. The van der Waals surface area contributed by atoms with E-state index in [9.17, 15) is 13.2 Å². The number of hydrogen-bond acceptors (Lipinski definition) is 3. The number of rotatable bonds is 8. The standard InChI is InChI=1S/C15H23Cl2N3O3S/c1-11(2)19-15(21)18-7-9-20(24(3,22)23)8-6-12-4-5-13(16)10-14(12)17/h4-5,10-11H,6-9H2,1-3H3,(H2,18,19,21). The number of sulfonamides is 1. The van der Waals surface area contributed by atoms with Crippen LogP contribution in [0.4, 0.5) is 4.79 Å². The average molecular weight is 396 g/mol. The molecule has 0 radical (unpaired) electrons. The molecule has 24 heavy (non-hydrogen) atoms. The van der Waals surface area contributed by atoms with Crippen molar-refractivity contribution in [1.29, 1.82) is 0 Å². The second kappa shape index (κ2) is 9.46. The van der Waals surface area contributed by atoms with Crippen molar-refractivity contribution in [1.82, 2.24) is 14.9 Å². The highest BCUT2D eigenvalue weighted by molar-refractivity contribution is 7.88. The number of carbonyl (C=O) groups excluding carboxylic acids is 1. The van der Waals surface area contributed by atoms with Crippen molar-refractivity contribution in [3.63, 3.8) is 0 Å². The monoisotopic (exact) mass is 395 g/mol. The second-order valence-corrected chi connectivity index (χ2v) is 8.53. The van der Waals surface area contributed by atoms with Crippen LogP contribution in [0.3, 0.4) is 0 Å². The summed E-state index contributed by atoms with van der Waals surface area (Å²) in [5, 5.41) is 6.35. The molecule has 0 spiro atoms. The van der Waals surface area contributed by atoms with Crippen LogP contribution >= 0.6 is 23.2 Å². The molecule has 0 saturated heterocycles. The van der Waals surface area contributed by atoms with E-state index < -0.39 is 10.0 Å². The molecule has 0 fully saturated rings. The zero-order chi connectivity index (χ0) is 18.3. The topological polar surface area (TPSA) is 78.5 Å². The fourth-order valence-corrected chi connectivity index (χ4v) is 3.37. The maximum Gasteiger partial charge on any atom is 0.315 e. The number of nitrogens with zero attached hydrogens (tertiary/aromatic N) is 1. The van der Waals surface area contributed by atoms with Gasteiger partial charge >= 0.3 is 6.03 Å². The summed E-state index contributed by atoms with van der Waals surface area (Å²) in [6, 6.07) is 4.81. The van der Waals surface area contributed by atoms with Crippen molar-refractivity contribution >= 4 is 39.3 Å². The van der Waals surface area contributed by atoms with Gasteiger partial charge in [0.2, 0.25) is 10.0 Å². The fraction of sp³-hybridized carbons (Fsp3) is 0.533. The minimum atomic E-state index is -3.38. The minimum Gasteiger partial charge on any atom is -0.337 e. The molecule has 1 rings (SSSR count). The van der Waals surface area contributed by atoms with Crippen LogP contribution in [0.25, 0.3) is 0 Å². The molecule has 0 aromatic heterocycles. The van der Waals surface area contributed by atoms with Crippen LogP contribution in [0.2, 0.25) is 10.0 Å². The predicted octanol–water partition coefficient (Wildman–Crippen LogP) is 2.51. The number of halogens is 2. The summed E-state index contributed by atoms with van der Waals surface area (Å²) in [7, 11) is -3.38. The molecule has 0 unspecified atom stereocenters. The third-order valence-corrected chi connectivity index (χ3v) is 5.07. The Kier molecular flexibility index (Phi) is 8.29. The molecule has 0 aliphatic carbocycles. The molecule has 1 aromatic rings. The van der Waals surface area contributed by atoms with E-state index in [0.717, 1.165) is 11.8 Å². The van der Waals surface area contributed by atoms with Gasteiger partial charge in [0.1, 0.15) is 0 Å². The first-order valence-electron chi connectivity index (χ1n) is 7.53. The minimum absolute atomic E-state index is 0.0167. The van der Waals surface area contributed by atoms with Crippen LogP contribution in [0.15, 0.2) is 18.2 Å². The van der Waals surface area contributed by atoms with Crippen LogP contribution < -0.4 is 10.6 Å². The molecule has 0 atom stereocenters. The first kappa shape index (κ1) is 21.0. The van der Waals surface area contributed by atoms with Crippen molar-refractivity contribution in [3.8, 4) is 0 Å². The van der Waals surface area contributed by atoms with Gasteiger partial charge in [0.25, 0.3) is 0 Å². The number of nitrogens with one attached hydrogen (secondary N) is 2. The molecule has 6 nitrogen and oxygen atoms in total. The Morgan fingerprint density at radius 2 is 1.92 bits per heavy atom. The van der Waals surface area contributed by atoms with Gasteiger partial charge in [0.05, 0.1) is 6.26 Å². The smallest absolute Gasteiger partial charge is 0.315 e. The number of benzene rings is 1. The lowest BCUT2D eigenvalue weighted by Crippen LogP contribution is -2.44. The molecule has 136 valence electrons. The Morgan fingerprint density at radius 1 is 1.25 bits per heavy atom.